The molecule has 0 aliphatic heterocycles. The summed E-state index contributed by atoms with van der Waals surface area (Å²) in [5, 5.41) is 0. The van der Waals surface area contributed by atoms with Crippen LogP contribution in [0, 0.1) is 0 Å². The molecule has 0 saturated carbocycles. The first-order chi connectivity index (χ1) is 7.86. The Kier molecular flexibility index (Phi) is 4.30. The van der Waals surface area contributed by atoms with Crippen molar-refractivity contribution in [2.45, 2.75) is 31.2 Å². The molecule has 0 aliphatic carbocycles. The van der Waals surface area contributed by atoms with E-state index in [0.29, 0.717) is 11.4 Å². The SMILES string of the molecule is CCN(C(C)(C)CN)S(=O)(=O)c1ccccc1. The summed E-state index contributed by atoms with van der Waals surface area (Å²) in [6.45, 7) is 6.17. The van der Waals surface area contributed by atoms with Crippen LogP contribution in [0.2, 0.25) is 0 Å². The van der Waals surface area contributed by atoms with Gasteiger partial charge in [0.05, 0.1) is 4.90 Å². The molecule has 0 unspecified atom stereocenters. The molecule has 0 heterocycles. The molecular weight excluding hydrogens is 236 g/mol. The average Bonchev–Trinajstić information content (AvgIpc) is 2.30. The topological polar surface area (TPSA) is 63.4 Å². The summed E-state index contributed by atoms with van der Waals surface area (Å²) >= 11 is 0. The first-order valence-electron chi connectivity index (χ1n) is 5.64. The van der Waals surface area contributed by atoms with Crippen LogP contribution in [0.1, 0.15) is 20.8 Å². The van der Waals surface area contributed by atoms with Crippen molar-refractivity contribution in [2.75, 3.05) is 13.1 Å². The Hall–Kier alpha value is -0.910. The van der Waals surface area contributed by atoms with Gasteiger partial charge in [-0.3, -0.25) is 0 Å². The molecule has 2 N–H and O–H groups in total. The number of hydrogen-bond acceptors (Lipinski definition) is 3. The molecule has 0 atom stereocenters. The third-order valence-electron chi connectivity index (χ3n) is 2.79. The molecule has 0 radical (unpaired) electrons. The van der Waals surface area contributed by atoms with Crippen LogP contribution in [0.3, 0.4) is 0 Å². The third kappa shape index (κ3) is 2.86. The number of rotatable bonds is 5. The van der Waals surface area contributed by atoms with E-state index >= 15 is 0 Å². The maximum atomic E-state index is 12.4. The number of nitrogens with two attached hydrogens (primary N) is 1. The molecule has 17 heavy (non-hydrogen) atoms. The molecule has 0 aliphatic rings. The fourth-order valence-electron chi connectivity index (χ4n) is 1.74. The summed E-state index contributed by atoms with van der Waals surface area (Å²) in [5.74, 6) is 0. The lowest BCUT2D eigenvalue weighted by atomic mass is 10.1. The molecule has 0 fully saturated rings. The largest absolute Gasteiger partial charge is 0.329 e. The Labute approximate surface area is 103 Å². The minimum Gasteiger partial charge on any atom is -0.329 e. The van der Waals surface area contributed by atoms with E-state index in [1.165, 1.54) is 4.31 Å². The Balaban J connectivity index is 3.22. The Bertz CT molecular complexity index is 455. The van der Waals surface area contributed by atoms with Crippen molar-refractivity contribution in [3.05, 3.63) is 30.3 Å². The van der Waals surface area contributed by atoms with E-state index in [9.17, 15) is 8.42 Å². The van der Waals surface area contributed by atoms with Crippen LogP contribution in [-0.2, 0) is 10.0 Å². The molecule has 5 heteroatoms. The minimum atomic E-state index is -3.47. The highest BCUT2D eigenvalue weighted by Gasteiger charge is 2.34. The summed E-state index contributed by atoms with van der Waals surface area (Å²) in [6.07, 6.45) is 0. The van der Waals surface area contributed by atoms with Crippen molar-refractivity contribution in [1.29, 1.82) is 0 Å². The standard InChI is InChI=1S/C12H20N2O2S/c1-4-14(12(2,3)10-13)17(15,16)11-8-6-5-7-9-11/h5-9H,4,10,13H2,1-3H3. The quantitative estimate of drug-likeness (QED) is 0.867. The van der Waals surface area contributed by atoms with E-state index in [0.717, 1.165) is 0 Å². The maximum Gasteiger partial charge on any atom is 0.243 e. The van der Waals surface area contributed by atoms with Crippen molar-refractivity contribution in [1.82, 2.24) is 4.31 Å². The van der Waals surface area contributed by atoms with Crippen LogP contribution in [0.4, 0.5) is 0 Å². The summed E-state index contributed by atoms with van der Waals surface area (Å²) in [6, 6.07) is 8.44. The van der Waals surface area contributed by atoms with Gasteiger partial charge in [-0.1, -0.05) is 25.1 Å². The first kappa shape index (κ1) is 14.2. The number of benzene rings is 1. The van der Waals surface area contributed by atoms with Gasteiger partial charge in [0, 0.05) is 18.6 Å². The average molecular weight is 256 g/mol. The molecule has 4 nitrogen and oxygen atoms in total. The van der Waals surface area contributed by atoms with Crippen LogP contribution >= 0.6 is 0 Å². The fraction of sp³-hybridized carbons (Fsp3) is 0.500. The molecule has 1 aromatic rings. The molecule has 0 aromatic heterocycles. The van der Waals surface area contributed by atoms with Crippen molar-refractivity contribution >= 4 is 10.0 Å². The lowest BCUT2D eigenvalue weighted by Crippen LogP contribution is -2.51. The molecule has 96 valence electrons. The Morgan fingerprint density at radius 3 is 2.18 bits per heavy atom. The fourth-order valence-corrected chi connectivity index (χ4v) is 3.57. The lowest BCUT2D eigenvalue weighted by Gasteiger charge is -2.35. The monoisotopic (exact) mass is 256 g/mol. The minimum absolute atomic E-state index is 0.285. The van der Waals surface area contributed by atoms with Gasteiger partial charge in [0.1, 0.15) is 0 Å². The second kappa shape index (κ2) is 5.16. The molecule has 1 aromatic carbocycles. The van der Waals surface area contributed by atoms with Gasteiger partial charge in [-0.15, -0.1) is 0 Å². The van der Waals surface area contributed by atoms with E-state index in [1.54, 1.807) is 30.3 Å². The smallest absolute Gasteiger partial charge is 0.243 e. The molecular formula is C12H20N2O2S. The normalized spacial score (nSPS) is 13.0. The molecule has 0 bridgehead atoms. The zero-order valence-electron chi connectivity index (χ0n) is 10.6. The van der Waals surface area contributed by atoms with Gasteiger partial charge in [-0.25, -0.2) is 8.42 Å². The van der Waals surface area contributed by atoms with Crippen molar-refractivity contribution in [3.8, 4) is 0 Å². The van der Waals surface area contributed by atoms with E-state index in [-0.39, 0.29) is 6.54 Å². The van der Waals surface area contributed by atoms with Crippen molar-refractivity contribution in [2.24, 2.45) is 5.73 Å². The summed E-state index contributed by atoms with van der Waals surface area (Å²) in [5.41, 5.74) is 5.07. The zero-order valence-corrected chi connectivity index (χ0v) is 11.4. The van der Waals surface area contributed by atoms with Gasteiger partial charge >= 0.3 is 0 Å². The van der Waals surface area contributed by atoms with Gasteiger partial charge in [-0.05, 0) is 26.0 Å². The summed E-state index contributed by atoms with van der Waals surface area (Å²) < 4.78 is 26.3. The van der Waals surface area contributed by atoms with Gasteiger partial charge < -0.3 is 5.73 Å². The summed E-state index contributed by atoms with van der Waals surface area (Å²) in [7, 11) is -3.47. The number of hydrogen-bond donors (Lipinski definition) is 1. The second-order valence-electron chi connectivity index (χ2n) is 4.50. The predicted molar refractivity (Wildman–Crippen MR) is 69.1 cm³/mol. The van der Waals surface area contributed by atoms with Crippen LogP contribution in [0.15, 0.2) is 35.2 Å². The number of nitrogens with zero attached hydrogens (tertiary/aromatic N) is 1. The van der Waals surface area contributed by atoms with E-state index < -0.39 is 15.6 Å². The molecule has 0 amide bonds. The third-order valence-corrected chi connectivity index (χ3v) is 4.99. The first-order valence-corrected chi connectivity index (χ1v) is 7.08. The molecule has 1 rings (SSSR count). The van der Waals surface area contributed by atoms with Crippen LogP contribution in [0.5, 0.6) is 0 Å². The lowest BCUT2D eigenvalue weighted by molar-refractivity contribution is 0.244. The predicted octanol–water partition coefficient (Wildman–Crippen LogP) is 1.43. The van der Waals surface area contributed by atoms with Crippen molar-refractivity contribution in [3.63, 3.8) is 0 Å². The van der Waals surface area contributed by atoms with Gasteiger partial charge in [0.15, 0.2) is 0 Å². The van der Waals surface area contributed by atoms with E-state index in [4.69, 9.17) is 5.73 Å². The summed E-state index contributed by atoms with van der Waals surface area (Å²) in [4.78, 5) is 0.309. The second-order valence-corrected chi connectivity index (χ2v) is 6.36. The Morgan fingerprint density at radius 2 is 1.76 bits per heavy atom. The van der Waals surface area contributed by atoms with E-state index in [2.05, 4.69) is 0 Å². The van der Waals surface area contributed by atoms with Crippen molar-refractivity contribution < 1.29 is 8.42 Å². The highest BCUT2D eigenvalue weighted by Crippen LogP contribution is 2.23. The van der Waals surface area contributed by atoms with E-state index in [1.807, 2.05) is 20.8 Å². The maximum absolute atomic E-state index is 12.4. The number of likely N-dealkylation sites (N-methyl/N-ethyl adjacent to an activating group) is 1. The zero-order chi connectivity index (χ0) is 13.1. The highest BCUT2D eigenvalue weighted by atomic mass is 32.2. The highest BCUT2D eigenvalue weighted by molar-refractivity contribution is 7.89. The Morgan fingerprint density at radius 1 is 1.24 bits per heavy atom. The molecule has 0 spiro atoms. The number of sulfonamides is 1. The van der Waals surface area contributed by atoms with Crippen LogP contribution < -0.4 is 5.73 Å². The van der Waals surface area contributed by atoms with Crippen LogP contribution in [-0.4, -0.2) is 31.4 Å². The van der Waals surface area contributed by atoms with Gasteiger partial charge in [0.25, 0.3) is 0 Å². The van der Waals surface area contributed by atoms with Gasteiger partial charge in [0.2, 0.25) is 10.0 Å². The van der Waals surface area contributed by atoms with Gasteiger partial charge in [-0.2, -0.15) is 4.31 Å². The van der Waals surface area contributed by atoms with Crippen LogP contribution in [0.25, 0.3) is 0 Å². The molecule has 0 saturated heterocycles.